The van der Waals surface area contributed by atoms with Gasteiger partial charge in [0.15, 0.2) is 5.82 Å². The fourth-order valence-corrected chi connectivity index (χ4v) is 2.16. The molecule has 2 aromatic carbocycles. The first-order chi connectivity index (χ1) is 10.6. The highest BCUT2D eigenvalue weighted by atomic mass is 35.5. The van der Waals surface area contributed by atoms with Gasteiger partial charge in [0, 0.05) is 10.6 Å². The van der Waals surface area contributed by atoms with Gasteiger partial charge in [-0.1, -0.05) is 23.7 Å². The van der Waals surface area contributed by atoms with Crippen molar-refractivity contribution in [3.63, 3.8) is 0 Å². The third kappa shape index (κ3) is 3.13. The second-order valence-corrected chi connectivity index (χ2v) is 5.29. The lowest BCUT2D eigenvalue weighted by Crippen LogP contribution is -1.95. The first-order valence-electron chi connectivity index (χ1n) is 6.37. The number of benzene rings is 2. The Hall–Kier alpha value is -2.31. The molecule has 0 aliphatic rings. The van der Waals surface area contributed by atoms with E-state index in [1.807, 2.05) is 12.1 Å². The van der Waals surface area contributed by atoms with Gasteiger partial charge in [0.05, 0.1) is 6.21 Å². The zero-order valence-corrected chi connectivity index (χ0v) is 12.8. The molecule has 3 aromatic rings. The van der Waals surface area contributed by atoms with E-state index in [0.717, 1.165) is 5.56 Å². The zero-order chi connectivity index (χ0) is 15.5. The Labute approximate surface area is 135 Å². The van der Waals surface area contributed by atoms with Gasteiger partial charge in [-0.05, 0) is 54.2 Å². The second-order valence-electron chi connectivity index (χ2n) is 4.47. The lowest BCUT2D eigenvalue weighted by molar-refractivity contribution is 0.628. The van der Waals surface area contributed by atoms with Gasteiger partial charge in [0.1, 0.15) is 5.82 Å². The molecule has 0 saturated heterocycles. The monoisotopic (exact) mass is 332 g/mol. The molecular weight excluding hydrogens is 323 g/mol. The van der Waals surface area contributed by atoms with Crippen molar-refractivity contribution in [1.29, 1.82) is 0 Å². The molecular formula is C15H10ClFN4S. The smallest absolute Gasteiger partial charge is 0.216 e. The molecule has 0 aliphatic heterocycles. The maximum absolute atomic E-state index is 13.0. The lowest BCUT2D eigenvalue weighted by atomic mass is 10.2. The molecule has 110 valence electrons. The fraction of sp³-hybridized carbons (Fsp3) is 0. The molecule has 0 spiro atoms. The maximum atomic E-state index is 13.0. The first-order valence-corrected chi connectivity index (χ1v) is 7.15. The summed E-state index contributed by atoms with van der Waals surface area (Å²) in [5.74, 6) is 0.198. The predicted octanol–water partition coefficient (Wildman–Crippen LogP) is 4.28. The summed E-state index contributed by atoms with van der Waals surface area (Å²) >= 11 is 11.0. The number of nitrogens with zero attached hydrogens (tertiary/aromatic N) is 3. The van der Waals surface area contributed by atoms with E-state index in [1.165, 1.54) is 16.8 Å². The molecule has 0 atom stereocenters. The number of rotatable bonds is 3. The Balaban J connectivity index is 1.97. The van der Waals surface area contributed by atoms with Gasteiger partial charge in [-0.2, -0.15) is 14.9 Å². The second kappa shape index (κ2) is 6.21. The van der Waals surface area contributed by atoms with Crippen LogP contribution in [0, 0.1) is 10.6 Å². The Bertz CT molecular complexity index is 866. The SMILES string of the molecule is Fc1ccc(-c2n[nH]c(=S)n2/N=C/c2ccc(Cl)cc2)cc1. The number of nitrogens with one attached hydrogen (secondary N) is 1. The molecule has 22 heavy (non-hydrogen) atoms. The summed E-state index contributed by atoms with van der Waals surface area (Å²) in [6.45, 7) is 0. The van der Waals surface area contributed by atoms with Crippen LogP contribution in [-0.4, -0.2) is 21.1 Å². The van der Waals surface area contributed by atoms with Crippen LogP contribution in [0.2, 0.25) is 5.02 Å². The van der Waals surface area contributed by atoms with Gasteiger partial charge in [-0.3, -0.25) is 0 Å². The number of aromatic nitrogens is 3. The van der Waals surface area contributed by atoms with Crippen molar-refractivity contribution in [2.75, 3.05) is 0 Å². The van der Waals surface area contributed by atoms with Gasteiger partial charge in [-0.15, -0.1) is 0 Å². The highest BCUT2D eigenvalue weighted by Gasteiger charge is 2.07. The molecule has 1 N–H and O–H groups in total. The van der Waals surface area contributed by atoms with Gasteiger partial charge in [0.2, 0.25) is 4.77 Å². The highest BCUT2D eigenvalue weighted by Crippen LogP contribution is 2.17. The Morgan fingerprint density at radius 3 is 2.50 bits per heavy atom. The van der Waals surface area contributed by atoms with Gasteiger partial charge >= 0.3 is 0 Å². The minimum atomic E-state index is -0.311. The number of aromatic amines is 1. The van der Waals surface area contributed by atoms with E-state index >= 15 is 0 Å². The molecule has 0 amide bonds. The Morgan fingerprint density at radius 1 is 1.14 bits per heavy atom. The van der Waals surface area contributed by atoms with E-state index in [2.05, 4.69) is 15.3 Å². The largest absolute Gasteiger partial charge is 0.250 e. The summed E-state index contributed by atoms with van der Waals surface area (Å²) < 4.78 is 14.8. The summed E-state index contributed by atoms with van der Waals surface area (Å²) in [6.07, 6.45) is 1.65. The van der Waals surface area contributed by atoms with E-state index < -0.39 is 0 Å². The van der Waals surface area contributed by atoms with Crippen molar-refractivity contribution in [2.45, 2.75) is 0 Å². The van der Waals surface area contributed by atoms with Crippen LogP contribution in [-0.2, 0) is 0 Å². The quantitative estimate of drug-likeness (QED) is 0.574. The molecule has 7 heteroatoms. The van der Waals surface area contributed by atoms with Crippen LogP contribution in [0.3, 0.4) is 0 Å². The molecule has 0 bridgehead atoms. The molecule has 0 saturated carbocycles. The number of hydrogen-bond acceptors (Lipinski definition) is 3. The predicted molar refractivity (Wildman–Crippen MR) is 87.2 cm³/mol. The number of H-pyrrole nitrogens is 1. The normalized spacial score (nSPS) is 11.2. The molecule has 0 unspecified atom stereocenters. The third-order valence-corrected chi connectivity index (χ3v) is 3.46. The van der Waals surface area contributed by atoms with Gasteiger partial charge in [-0.25, -0.2) is 9.49 Å². The summed E-state index contributed by atoms with van der Waals surface area (Å²) in [5.41, 5.74) is 1.58. The van der Waals surface area contributed by atoms with Crippen LogP contribution in [0.1, 0.15) is 5.56 Å². The van der Waals surface area contributed by atoms with E-state index in [0.29, 0.717) is 21.2 Å². The van der Waals surface area contributed by atoms with Crippen molar-refractivity contribution in [2.24, 2.45) is 5.10 Å². The van der Waals surface area contributed by atoms with E-state index in [4.69, 9.17) is 23.8 Å². The van der Waals surface area contributed by atoms with Crippen LogP contribution in [0.5, 0.6) is 0 Å². The van der Waals surface area contributed by atoms with Crippen molar-refractivity contribution in [3.8, 4) is 11.4 Å². The van der Waals surface area contributed by atoms with Crippen molar-refractivity contribution in [3.05, 3.63) is 69.7 Å². The average molecular weight is 333 g/mol. The van der Waals surface area contributed by atoms with Crippen LogP contribution < -0.4 is 0 Å². The molecule has 1 aromatic heterocycles. The molecule has 3 rings (SSSR count). The van der Waals surface area contributed by atoms with Crippen LogP contribution >= 0.6 is 23.8 Å². The Kier molecular flexibility index (Phi) is 4.13. The van der Waals surface area contributed by atoms with Gasteiger partial charge < -0.3 is 0 Å². The first kappa shape index (κ1) is 14.6. The number of hydrogen-bond donors (Lipinski definition) is 1. The van der Waals surface area contributed by atoms with Crippen LogP contribution in [0.25, 0.3) is 11.4 Å². The third-order valence-electron chi connectivity index (χ3n) is 2.95. The molecule has 0 fully saturated rings. The lowest BCUT2D eigenvalue weighted by Gasteiger charge is -2.01. The summed E-state index contributed by atoms with van der Waals surface area (Å²) in [7, 11) is 0. The summed E-state index contributed by atoms with van der Waals surface area (Å²) in [6, 6.07) is 13.2. The van der Waals surface area contributed by atoms with Crippen molar-refractivity contribution in [1.82, 2.24) is 14.9 Å². The van der Waals surface area contributed by atoms with E-state index in [1.54, 1.807) is 30.5 Å². The molecule has 4 nitrogen and oxygen atoms in total. The Morgan fingerprint density at radius 2 is 1.82 bits per heavy atom. The standard InChI is InChI=1S/C15H10ClFN4S/c16-12-5-1-10(2-6-12)9-18-21-14(19-20-15(21)22)11-3-7-13(17)8-4-11/h1-9H,(H,20,22)/b18-9+. The minimum Gasteiger partial charge on any atom is -0.250 e. The maximum Gasteiger partial charge on any atom is 0.216 e. The fourth-order valence-electron chi connectivity index (χ4n) is 1.86. The van der Waals surface area contributed by atoms with Gasteiger partial charge in [0.25, 0.3) is 0 Å². The molecule has 0 aliphatic carbocycles. The van der Waals surface area contributed by atoms with Crippen LogP contribution in [0.15, 0.2) is 53.6 Å². The summed E-state index contributed by atoms with van der Waals surface area (Å²) in [4.78, 5) is 0. The van der Waals surface area contributed by atoms with E-state index in [9.17, 15) is 4.39 Å². The molecule has 1 heterocycles. The number of halogens is 2. The zero-order valence-electron chi connectivity index (χ0n) is 11.2. The van der Waals surface area contributed by atoms with Crippen molar-refractivity contribution < 1.29 is 4.39 Å². The van der Waals surface area contributed by atoms with Crippen LogP contribution in [0.4, 0.5) is 4.39 Å². The van der Waals surface area contributed by atoms with Crippen molar-refractivity contribution >= 4 is 30.0 Å². The molecule has 0 radical (unpaired) electrons. The average Bonchev–Trinajstić information content (AvgIpc) is 2.89. The van der Waals surface area contributed by atoms with E-state index in [-0.39, 0.29) is 5.82 Å². The minimum absolute atomic E-state index is 0.311. The topological polar surface area (TPSA) is 46.0 Å². The highest BCUT2D eigenvalue weighted by molar-refractivity contribution is 7.71. The summed E-state index contributed by atoms with van der Waals surface area (Å²) in [5, 5.41) is 11.8.